The van der Waals surface area contributed by atoms with E-state index in [1.54, 1.807) is 7.05 Å². The van der Waals surface area contributed by atoms with Crippen molar-refractivity contribution in [2.45, 2.75) is 31.8 Å². The van der Waals surface area contributed by atoms with Gasteiger partial charge in [-0.1, -0.05) is 17.2 Å². The summed E-state index contributed by atoms with van der Waals surface area (Å²) in [6.07, 6.45) is 0.760. The lowest BCUT2D eigenvalue weighted by atomic mass is 10.1. The van der Waals surface area contributed by atoms with Crippen LogP contribution >= 0.6 is 0 Å². The second-order valence-electron chi connectivity index (χ2n) is 5.81. The van der Waals surface area contributed by atoms with Gasteiger partial charge in [0.1, 0.15) is 0 Å². The summed E-state index contributed by atoms with van der Waals surface area (Å²) in [6.45, 7) is -0.0775. The van der Waals surface area contributed by atoms with Gasteiger partial charge in [-0.3, -0.25) is 14.9 Å². The molecule has 0 saturated carbocycles. The lowest BCUT2D eigenvalue weighted by molar-refractivity contribution is -0.130. The third-order valence-corrected chi connectivity index (χ3v) is 4.12. The second kappa shape index (κ2) is 6.91. The molecule has 1 aliphatic heterocycles. The largest absolute Gasteiger partial charge is 0.335 e. The number of aromatic nitrogens is 4. The lowest BCUT2D eigenvalue weighted by Gasteiger charge is -2.24. The van der Waals surface area contributed by atoms with Crippen LogP contribution in [0.15, 0.2) is 18.2 Å². The van der Waals surface area contributed by atoms with Crippen molar-refractivity contribution in [1.82, 2.24) is 25.1 Å². The van der Waals surface area contributed by atoms with Crippen LogP contribution in [0.1, 0.15) is 24.8 Å². The van der Waals surface area contributed by atoms with Crippen LogP contribution in [0.25, 0.3) is 0 Å². The smallest absolute Gasteiger partial charge is 0.249 e. The number of carbonyl (C=O) groups is 2. The van der Waals surface area contributed by atoms with Crippen molar-refractivity contribution in [3.63, 3.8) is 0 Å². The maximum absolute atomic E-state index is 13.9. The highest BCUT2D eigenvalue weighted by Gasteiger charge is 2.33. The maximum Gasteiger partial charge on any atom is 0.249 e. The Balaban J connectivity index is 1.68. The van der Waals surface area contributed by atoms with E-state index in [0.29, 0.717) is 6.42 Å². The molecule has 132 valence electrons. The maximum atomic E-state index is 13.9. The number of carbonyl (C=O) groups excluding carboxylic acids is 2. The van der Waals surface area contributed by atoms with Crippen LogP contribution in [0, 0.1) is 11.6 Å². The molecule has 8 nitrogen and oxygen atoms in total. The van der Waals surface area contributed by atoms with Gasteiger partial charge in [-0.15, -0.1) is 0 Å². The Morgan fingerprint density at radius 1 is 1.40 bits per heavy atom. The van der Waals surface area contributed by atoms with E-state index in [1.807, 2.05) is 0 Å². The van der Waals surface area contributed by atoms with E-state index in [9.17, 15) is 18.4 Å². The van der Waals surface area contributed by atoms with E-state index in [4.69, 9.17) is 0 Å². The molecule has 25 heavy (non-hydrogen) atoms. The van der Waals surface area contributed by atoms with Gasteiger partial charge in [0.2, 0.25) is 17.8 Å². The van der Waals surface area contributed by atoms with E-state index in [1.165, 1.54) is 21.7 Å². The zero-order valence-electron chi connectivity index (χ0n) is 13.4. The number of tetrazole rings is 1. The number of amides is 2. The molecular weight excluding hydrogens is 334 g/mol. The fourth-order valence-electron chi connectivity index (χ4n) is 2.80. The first-order valence-corrected chi connectivity index (χ1v) is 7.70. The van der Waals surface area contributed by atoms with Crippen molar-refractivity contribution in [3.05, 3.63) is 35.4 Å². The minimum Gasteiger partial charge on any atom is -0.335 e. The zero-order valence-corrected chi connectivity index (χ0v) is 13.4. The molecule has 2 aromatic rings. The molecule has 1 saturated heterocycles. The molecule has 1 aliphatic rings. The molecule has 1 aromatic heterocycles. The molecule has 0 aliphatic carbocycles. The SMILES string of the molecule is Cn1nnnc1NC(=O)CC1CCC(=O)N1Cc1cccc(F)c1F. The van der Waals surface area contributed by atoms with Gasteiger partial charge in [-0.05, 0) is 22.9 Å². The van der Waals surface area contributed by atoms with Crippen LogP contribution in [-0.4, -0.2) is 43.0 Å². The first kappa shape index (κ1) is 16.9. The van der Waals surface area contributed by atoms with E-state index in [0.717, 1.165) is 6.07 Å². The molecular formula is C15H16F2N6O2. The van der Waals surface area contributed by atoms with Crippen LogP contribution in [0.4, 0.5) is 14.7 Å². The summed E-state index contributed by atoms with van der Waals surface area (Å²) in [5.74, 6) is -2.30. The predicted molar refractivity (Wildman–Crippen MR) is 82.0 cm³/mol. The van der Waals surface area contributed by atoms with Gasteiger partial charge in [-0.2, -0.15) is 0 Å². The summed E-state index contributed by atoms with van der Waals surface area (Å²) in [5.41, 5.74) is 0.0816. The molecule has 0 radical (unpaired) electrons. The van der Waals surface area contributed by atoms with Crippen molar-refractivity contribution in [3.8, 4) is 0 Å². The number of halogens is 2. The van der Waals surface area contributed by atoms with Gasteiger partial charge in [0.25, 0.3) is 0 Å². The highest BCUT2D eigenvalue weighted by Crippen LogP contribution is 2.25. The molecule has 2 amide bonds. The number of nitrogens with zero attached hydrogens (tertiary/aromatic N) is 5. The topological polar surface area (TPSA) is 93.0 Å². The van der Waals surface area contributed by atoms with Crippen molar-refractivity contribution in [2.24, 2.45) is 7.05 Å². The Hall–Kier alpha value is -2.91. The monoisotopic (exact) mass is 350 g/mol. The van der Waals surface area contributed by atoms with Gasteiger partial charge in [0, 0.05) is 38.0 Å². The number of hydrogen-bond acceptors (Lipinski definition) is 5. The normalized spacial score (nSPS) is 17.2. The molecule has 0 spiro atoms. The molecule has 1 unspecified atom stereocenters. The summed E-state index contributed by atoms with van der Waals surface area (Å²) in [6, 6.07) is 3.44. The summed E-state index contributed by atoms with van der Waals surface area (Å²) in [4.78, 5) is 25.6. The second-order valence-corrected chi connectivity index (χ2v) is 5.81. The number of aryl methyl sites for hydroxylation is 1. The quantitative estimate of drug-likeness (QED) is 0.869. The van der Waals surface area contributed by atoms with Crippen molar-refractivity contribution in [1.29, 1.82) is 0 Å². The zero-order chi connectivity index (χ0) is 18.0. The van der Waals surface area contributed by atoms with Crippen LogP contribution in [0.3, 0.4) is 0 Å². The van der Waals surface area contributed by atoms with Crippen LogP contribution in [-0.2, 0) is 23.2 Å². The number of anilines is 1. The summed E-state index contributed by atoms with van der Waals surface area (Å²) in [7, 11) is 1.58. The average Bonchev–Trinajstić information content (AvgIpc) is 3.12. The predicted octanol–water partition coefficient (Wildman–Crippen LogP) is 1.01. The standard InChI is InChI=1S/C15H16F2N6O2/c1-22-15(19-20-21-22)18-12(24)7-10-5-6-13(25)23(10)8-9-3-2-4-11(16)14(9)17/h2-4,10H,5-8H2,1H3,(H,18,19,21,24). The molecule has 10 heteroatoms. The van der Waals surface area contributed by atoms with E-state index >= 15 is 0 Å². The van der Waals surface area contributed by atoms with Gasteiger partial charge < -0.3 is 4.90 Å². The van der Waals surface area contributed by atoms with Crippen molar-refractivity contribution < 1.29 is 18.4 Å². The Bertz CT molecular complexity index is 809. The summed E-state index contributed by atoms with van der Waals surface area (Å²) in [5, 5.41) is 13.2. The van der Waals surface area contributed by atoms with Gasteiger partial charge in [-0.25, -0.2) is 13.5 Å². The number of rotatable bonds is 5. The van der Waals surface area contributed by atoms with Gasteiger partial charge in [0.15, 0.2) is 11.6 Å². The third-order valence-electron chi connectivity index (χ3n) is 4.12. The van der Waals surface area contributed by atoms with Crippen LogP contribution < -0.4 is 5.32 Å². The van der Waals surface area contributed by atoms with Crippen LogP contribution in [0.2, 0.25) is 0 Å². The summed E-state index contributed by atoms with van der Waals surface area (Å²) >= 11 is 0. The Morgan fingerprint density at radius 3 is 2.92 bits per heavy atom. The molecule has 1 N–H and O–H groups in total. The Kier molecular flexibility index (Phi) is 4.68. The number of benzene rings is 1. The van der Waals surface area contributed by atoms with Crippen molar-refractivity contribution >= 4 is 17.8 Å². The Morgan fingerprint density at radius 2 is 2.20 bits per heavy atom. The van der Waals surface area contributed by atoms with Gasteiger partial charge >= 0.3 is 0 Å². The molecule has 2 heterocycles. The first-order chi connectivity index (χ1) is 12.0. The van der Waals surface area contributed by atoms with E-state index in [2.05, 4.69) is 20.8 Å². The van der Waals surface area contributed by atoms with E-state index in [-0.39, 0.29) is 42.7 Å². The lowest BCUT2D eigenvalue weighted by Crippen LogP contribution is -2.35. The number of hydrogen-bond donors (Lipinski definition) is 1. The van der Waals surface area contributed by atoms with E-state index < -0.39 is 17.7 Å². The molecule has 1 fully saturated rings. The van der Waals surface area contributed by atoms with Crippen molar-refractivity contribution in [2.75, 3.05) is 5.32 Å². The molecule has 3 rings (SSSR count). The molecule has 1 aromatic carbocycles. The highest BCUT2D eigenvalue weighted by molar-refractivity contribution is 5.90. The highest BCUT2D eigenvalue weighted by atomic mass is 19.2. The first-order valence-electron chi connectivity index (χ1n) is 7.70. The Labute approximate surface area is 141 Å². The molecule has 1 atom stereocenters. The van der Waals surface area contributed by atoms with Gasteiger partial charge in [0.05, 0.1) is 0 Å². The molecule has 0 bridgehead atoms. The number of likely N-dealkylation sites (tertiary alicyclic amines) is 1. The third kappa shape index (κ3) is 3.62. The minimum absolute atomic E-state index is 0.0233. The summed E-state index contributed by atoms with van der Waals surface area (Å²) < 4.78 is 28.5. The fraction of sp³-hybridized carbons (Fsp3) is 0.400. The number of nitrogens with one attached hydrogen (secondary N) is 1. The fourth-order valence-corrected chi connectivity index (χ4v) is 2.80. The average molecular weight is 350 g/mol. The minimum atomic E-state index is -0.976. The van der Waals surface area contributed by atoms with Crippen LogP contribution in [0.5, 0.6) is 0 Å².